The van der Waals surface area contributed by atoms with Crippen molar-refractivity contribution in [3.05, 3.63) is 71.8 Å². The lowest BCUT2D eigenvalue weighted by atomic mass is 10.1. The molecular weight excluding hydrogens is 286 g/mol. The molecule has 3 N–H and O–H groups in total. The van der Waals surface area contributed by atoms with Crippen molar-refractivity contribution in [1.82, 2.24) is 0 Å². The Kier molecular flexibility index (Phi) is 5.80. The van der Waals surface area contributed by atoms with Gasteiger partial charge in [0.2, 0.25) is 0 Å². The molecule has 2 rings (SSSR count). The number of nitrogens with zero attached hydrogens (tertiary/aromatic N) is 1. The molecule has 0 aliphatic rings. The first kappa shape index (κ1) is 16.6. The zero-order valence-electron chi connectivity index (χ0n) is 13.7. The van der Waals surface area contributed by atoms with Gasteiger partial charge in [-0.2, -0.15) is 0 Å². The Morgan fingerprint density at radius 1 is 1.22 bits per heavy atom. The number of ether oxygens (including phenoxy) is 1. The maximum Gasteiger partial charge on any atom is 0.193 e. The van der Waals surface area contributed by atoms with Crippen molar-refractivity contribution in [2.75, 3.05) is 11.9 Å². The second-order valence-electron chi connectivity index (χ2n) is 5.41. The lowest BCUT2D eigenvalue weighted by Gasteiger charge is -2.10. The van der Waals surface area contributed by atoms with Gasteiger partial charge in [-0.05, 0) is 43.2 Å². The number of guanidine groups is 1. The molecule has 23 heavy (non-hydrogen) atoms. The molecule has 0 fully saturated rings. The molecule has 0 saturated heterocycles. The maximum absolute atomic E-state index is 5.99. The van der Waals surface area contributed by atoms with Crippen molar-refractivity contribution in [3.8, 4) is 5.75 Å². The van der Waals surface area contributed by atoms with E-state index in [1.54, 1.807) is 6.08 Å². The minimum Gasteiger partial charge on any atom is -0.489 e. The van der Waals surface area contributed by atoms with Crippen LogP contribution in [0.3, 0.4) is 0 Å². The largest absolute Gasteiger partial charge is 0.489 e. The smallest absolute Gasteiger partial charge is 0.193 e. The van der Waals surface area contributed by atoms with Gasteiger partial charge >= 0.3 is 0 Å². The van der Waals surface area contributed by atoms with Gasteiger partial charge in [0.05, 0.1) is 6.54 Å². The number of anilines is 1. The van der Waals surface area contributed by atoms with Crippen molar-refractivity contribution in [2.45, 2.75) is 20.4 Å². The minimum absolute atomic E-state index is 0.383. The van der Waals surface area contributed by atoms with Crippen LogP contribution in [0.5, 0.6) is 5.75 Å². The highest BCUT2D eigenvalue weighted by Crippen LogP contribution is 2.19. The fourth-order valence-corrected chi connectivity index (χ4v) is 2.33. The predicted molar refractivity (Wildman–Crippen MR) is 97.0 cm³/mol. The van der Waals surface area contributed by atoms with Gasteiger partial charge < -0.3 is 15.8 Å². The standard InChI is InChI=1S/C19H23N3O/c1-4-9-23-18-8-6-5-7-16(18)13-21-19(20)22-17-11-14(2)10-15(3)12-17/h4-8,10-12H,1,9,13H2,2-3H3,(H3,20,21,22). The summed E-state index contributed by atoms with van der Waals surface area (Å²) < 4.78 is 5.62. The molecule has 4 nitrogen and oxygen atoms in total. The third-order valence-electron chi connectivity index (χ3n) is 3.24. The van der Waals surface area contributed by atoms with E-state index >= 15 is 0 Å². The van der Waals surface area contributed by atoms with Crippen molar-refractivity contribution in [2.24, 2.45) is 10.7 Å². The van der Waals surface area contributed by atoms with E-state index in [0.29, 0.717) is 19.1 Å². The molecule has 0 aliphatic carbocycles. The molecule has 120 valence electrons. The number of hydrogen-bond acceptors (Lipinski definition) is 2. The Bertz CT molecular complexity index is 687. The molecule has 0 saturated carbocycles. The zero-order valence-corrected chi connectivity index (χ0v) is 13.7. The highest BCUT2D eigenvalue weighted by atomic mass is 16.5. The molecule has 0 unspecified atom stereocenters. The van der Waals surface area contributed by atoms with Crippen LogP contribution in [-0.2, 0) is 6.54 Å². The number of nitrogens with one attached hydrogen (secondary N) is 1. The average molecular weight is 309 g/mol. The van der Waals surface area contributed by atoms with E-state index in [-0.39, 0.29) is 0 Å². The number of aryl methyl sites for hydroxylation is 2. The van der Waals surface area contributed by atoms with Gasteiger partial charge in [0.25, 0.3) is 0 Å². The van der Waals surface area contributed by atoms with Crippen LogP contribution in [0, 0.1) is 13.8 Å². The number of hydrogen-bond donors (Lipinski definition) is 2. The molecule has 0 spiro atoms. The summed E-state index contributed by atoms with van der Waals surface area (Å²) in [4.78, 5) is 4.40. The van der Waals surface area contributed by atoms with Crippen molar-refractivity contribution in [1.29, 1.82) is 0 Å². The van der Waals surface area contributed by atoms with E-state index in [4.69, 9.17) is 10.5 Å². The minimum atomic E-state index is 0.383. The lowest BCUT2D eigenvalue weighted by Crippen LogP contribution is -2.22. The molecule has 2 aromatic rings. The van der Waals surface area contributed by atoms with Gasteiger partial charge in [-0.1, -0.05) is 36.9 Å². The van der Waals surface area contributed by atoms with E-state index in [1.165, 1.54) is 11.1 Å². The van der Waals surface area contributed by atoms with Gasteiger partial charge in [-0.15, -0.1) is 0 Å². The normalized spacial score (nSPS) is 11.1. The fourth-order valence-electron chi connectivity index (χ4n) is 2.33. The number of nitrogens with two attached hydrogens (primary N) is 1. The Morgan fingerprint density at radius 2 is 1.91 bits per heavy atom. The molecule has 4 heteroatoms. The van der Waals surface area contributed by atoms with Crippen molar-refractivity contribution < 1.29 is 4.74 Å². The molecule has 0 atom stereocenters. The SMILES string of the molecule is C=CCOc1ccccc1CN=C(N)Nc1cc(C)cc(C)c1. The Morgan fingerprint density at radius 3 is 2.61 bits per heavy atom. The number of benzene rings is 2. The summed E-state index contributed by atoms with van der Waals surface area (Å²) in [5, 5.41) is 3.13. The predicted octanol–water partition coefficient (Wildman–Crippen LogP) is 3.80. The summed E-state index contributed by atoms with van der Waals surface area (Å²) in [7, 11) is 0. The van der Waals surface area contributed by atoms with E-state index in [1.807, 2.05) is 36.4 Å². The first-order chi connectivity index (χ1) is 11.1. The summed E-state index contributed by atoms with van der Waals surface area (Å²) in [6, 6.07) is 14.0. The van der Waals surface area contributed by atoms with Crippen LogP contribution >= 0.6 is 0 Å². The molecule has 0 aliphatic heterocycles. The van der Waals surface area contributed by atoms with E-state index in [9.17, 15) is 0 Å². The molecule has 0 aromatic heterocycles. The van der Waals surface area contributed by atoms with Crippen molar-refractivity contribution >= 4 is 11.6 Å². The van der Waals surface area contributed by atoms with Gasteiger partial charge in [0.1, 0.15) is 12.4 Å². The quantitative estimate of drug-likeness (QED) is 0.485. The number of para-hydroxylation sites is 1. The summed E-state index contributed by atoms with van der Waals surface area (Å²) >= 11 is 0. The van der Waals surface area contributed by atoms with Crippen LogP contribution in [0.25, 0.3) is 0 Å². The third kappa shape index (κ3) is 5.18. The Balaban J connectivity index is 2.06. The monoisotopic (exact) mass is 309 g/mol. The molecule has 2 aromatic carbocycles. The van der Waals surface area contributed by atoms with E-state index in [0.717, 1.165) is 17.0 Å². The van der Waals surface area contributed by atoms with Crippen LogP contribution in [-0.4, -0.2) is 12.6 Å². The molecule has 0 bridgehead atoms. The third-order valence-corrected chi connectivity index (χ3v) is 3.24. The summed E-state index contributed by atoms with van der Waals surface area (Å²) in [6.45, 7) is 8.69. The summed E-state index contributed by atoms with van der Waals surface area (Å²) in [6.07, 6.45) is 1.72. The number of rotatable bonds is 6. The second-order valence-corrected chi connectivity index (χ2v) is 5.41. The average Bonchev–Trinajstić information content (AvgIpc) is 2.50. The Hall–Kier alpha value is -2.75. The van der Waals surface area contributed by atoms with Crippen LogP contribution in [0.1, 0.15) is 16.7 Å². The van der Waals surface area contributed by atoms with Gasteiger partial charge in [-0.3, -0.25) is 0 Å². The molecule has 0 heterocycles. The highest BCUT2D eigenvalue weighted by molar-refractivity contribution is 5.92. The second kappa shape index (κ2) is 8.03. The fraction of sp³-hybridized carbons (Fsp3) is 0.211. The first-order valence-electron chi connectivity index (χ1n) is 7.55. The summed E-state index contributed by atoms with van der Waals surface area (Å²) in [5.41, 5.74) is 10.3. The topological polar surface area (TPSA) is 59.6 Å². The van der Waals surface area contributed by atoms with Crippen LogP contribution in [0.2, 0.25) is 0 Å². The molecule has 0 amide bonds. The molecular formula is C19H23N3O. The molecule has 0 radical (unpaired) electrons. The van der Waals surface area contributed by atoms with Crippen LogP contribution in [0.4, 0.5) is 5.69 Å². The zero-order chi connectivity index (χ0) is 16.7. The van der Waals surface area contributed by atoms with Gasteiger partial charge in [0, 0.05) is 11.3 Å². The highest BCUT2D eigenvalue weighted by Gasteiger charge is 2.02. The van der Waals surface area contributed by atoms with Crippen LogP contribution < -0.4 is 15.8 Å². The van der Waals surface area contributed by atoms with E-state index in [2.05, 4.69) is 36.8 Å². The first-order valence-corrected chi connectivity index (χ1v) is 7.55. The maximum atomic E-state index is 5.99. The van der Waals surface area contributed by atoms with Crippen LogP contribution in [0.15, 0.2) is 60.1 Å². The van der Waals surface area contributed by atoms with Gasteiger partial charge in [0.15, 0.2) is 5.96 Å². The van der Waals surface area contributed by atoms with Crippen molar-refractivity contribution in [3.63, 3.8) is 0 Å². The van der Waals surface area contributed by atoms with E-state index < -0.39 is 0 Å². The van der Waals surface area contributed by atoms with Gasteiger partial charge in [-0.25, -0.2) is 4.99 Å². The lowest BCUT2D eigenvalue weighted by molar-refractivity contribution is 0.359. The summed E-state index contributed by atoms with van der Waals surface area (Å²) in [5.74, 6) is 1.18. The Labute approximate surface area is 137 Å². The number of aliphatic imine (C=N–C) groups is 1.